The summed E-state index contributed by atoms with van der Waals surface area (Å²) in [5.74, 6) is 0.332. The van der Waals surface area contributed by atoms with Gasteiger partial charge >= 0.3 is 0 Å². The Morgan fingerprint density at radius 3 is 2.70 bits per heavy atom. The van der Waals surface area contributed by atoms with Gasteiger partial charge in [-0.3, -0.25) is 0 Å². The monoisotopic (exact) mass is 201 g/mol. The topological polar surface area (TPSA) is 21.6 Å². The van der Waals surface area contributed by atoms with E-state index in [4.69, 9.17) is 34.8 Å². The van der Waals surface area contributed by atoms with Crippen molar-refractivity contribution in [1.82, 2.24) is 0 Å². The van der Waals surface area contributed by atoms with Crippen molar-refractivity contribution in [2.24, 2.45) is 5.16 Å². The summed E-state index contributed by atoms with van der Waals surface area (Å²) < 4.78 is 0.168. The van der Waals surface area contributed by atoms with E-state index in [1.807, 2.05) is 0 Å². The quantitative estimate of drug-likeness (QED) is 0.297. The van der Waals surface area contributed by atoms with E-state index in [1.165, 1.54) is 12.3 Å². The lowest BCUT2D eigenvalue weighted by Crippen LogP contribution is -1.83. The summed E-state index contributed by atoms with van der Waals surface area (Å²) in [6.45, 7) is 0.260. The van der Waals surface area contributed by atoms with Crippen molar-refractivity contribution in [2.45, 2.75) is 0 Å². The second kappa shape index (κ2) is 7.19. The molecule has 10 heavy (non-hydrogen) atoms. The summed E-state index contributed by atoms with van der Waals surface area (Å²) in [7, 11) is 0. The molecule has 0 aliphatic heterocycles. The zero-order valence-electron chi connectivity index (χ0n) is 5.06. The fraction of sp³-hybridized carbons (Fsp3) is 0.400. The zero-order chi connectivity index (χ0) is 7.82. The van der Waals surface area contributed by atoms with Crippen LogP contribution in [-0.4, -0.2) is 18.7 Å². The van der Waals surface area contributed by atoms with E-state index in [0.29, 0.717) is 5.88 Å². The predicted octanol–water partition coefficient (Wildman–Crippen LogP) is 2.55. The normalized spacial score (nSPS) is 9.90. The van der Waals surface area contributed by atoms with Gasteiger partial charge in [0, 0.05) is 0 Å². The van der Waals surface area contributed by atoms with E-state index in [0.717, 1.165) is 0 Å². The summed E-state index contributed by atoms with van der Waals surface area (Å²) in [5.41, 5.74) is 0. The van der Waals surface area contributed by atoms with Crippen LogP contribution in [0.15, 0.2) is 15.7 Å². The summed E-state index contributed by atoms with van der Waals surface area (Å²) >= 11 is 15.8. The molecule has 0 aromatic rings. The van der Waals surface area contributed by atoms with Crippen LogP contribution in [0, 0.1) is 0 Å². The fourth-order valence-electron chi connectivity index (χ4n) is 0.224. The Balaban J connectivity index is 3.21. The van der Waals surface area contributed by atoms with Crippen molar-refractivity contribution in [1.29, 1.82) is 0 Å². The van der Waals surface area contributed by atoms with Gasteiger partial charge in [0.2, 0.25) is 0 Å². The van der Waals surface area contributed by atoms with E-state index in [-0.39, 0.29) is 11.1 Å². The summed E-state index contributed by atoms with van der Waals surface area (Å²) in [4.78, 5) is 4.62. The molecule has 0 saturated heterocycles. The first-order valence-corrected chi connectivity index (χ1v) is 3.77. The number of halogens is 3. The molecule has 0 aliphatic rings. The van der Waals surface area contributed by atoms with Gasteiger partial charge in [0.25, 0.3) is 0 Å². The Bertz CT molecular complexity index is 131. The van der Waals surface area contributed by atoms with Crippen LogP contribution < -0.4 is 0 Å². The number of hydrogen-bond donors (Lipinski definition) is 0. The molecule has 0 heterocycles. The number of hydrogen-bond acceptors (Lipinski definition) is 2. The number of oxime groups is 1. The van der Waals surface area contributed by atoms with Crippen LogP contribution in [0.4, 0.5) is 0 Å². The number of alkyl halides is 1. The molecular formula is C5H6Cl3NO. The Morgan fingerprint density at radius 1 is 1.50 bits per heavy atom. The van der Waals surface area contributed by atoms with Crippen LogP contribution >= 0.6 is 34.8 Å². The molecule has 0 saturated carbocycles. The average Bonchev–Trinajstić information content (AvgIpc) is 1.87. The van der Waals surface area contributed by atoms with Gasteiger partial charge in [-0.1, -0.05) is 28.4 Å². The molecule has 0 unspecified atom stereocenters. The van der Waals surface area contributed by atoms with E-state index < -0.39 is 0 Å². The minimum Gasteiger partial charge on any atom is -0.392 e. The molecule has 0 aliphatic carbocycles. The standard InChI is InChI=1S/C5H6Cl3NO/c6-2-3-9-10-4-1-5(7)8/h1,3H,2,4H2. The zero-order valence-corrected chi connectivity index (χ0v) is 7.33. The lowest BCUT2D eigenvalue weighted by molar-refractivity contribution is 0.176. The molecule has 0 N–H and O–H groups in total. The van der Waals surface area contributed by atoms with Gasteiger partial charge in [-0.2, -0.15) is 0 Å². The molecule has 2 nitrogen and oxygen atoms in total. The second-order valence-corrected chi connectivity index (χ2v) is 2.55. The Labute approximate surface area is 74.4 Å². The van der Waals surface area contributed by atoms with Crippen molar-refractivity contribution >= 4 is 41.0 Å². The van der Waals surface area contributed by atoms with Crippen LogP contribution in [0.2, 0.25) is 0 Å². The third kappa shape index (κ3) is 8.08. The fourth-order valence-corrected chi connectivity index (χ4v) is 0.407. The largest absolute Gasteiger partial charge is 0.392 e. The van der Waals surface area contributed by atoms with Crippen molar-refractivity contribution in [3.63, 3.8) is 0 Å². The lowest BCUT2D eigenvalue weighted by Gasteiger charge is -1.89. The molecule has 0 radical (unpaired) electrons. The van der Waals surface area contributed by atoms with Gasteiger partial charge in [-0.05, 0) is 6.08 Å². The van der Waals surface area contributed by atoms with Crippen LogP contribution in [0.25, 0.3) is 0 Å². The number of nitrogens with zero attached hydrogens (tertiary/aromatic N) is 1. The van der Waals surface area contributed by atoms with E-state index in [1.54, 1.807) is 0 Å². The van der Waals surface area contributed by atoms with Crippen LogP contribution in [0.1, 0.15) is 0 Å². The predicted molar refractivity (Wildman–Crippen MR) is 45.0 cm³/mol. The maximum absolute atomic E-state index is 5.26. The van der Waals surface area contributed by atoms with Crippen molar-refractivity contribution in [3.8, 4) is 0 Å². The first kappa shape index (κ1) is 10.1. The van der Waals surface area contributed by atoms with Crippen molar-refractivity contribution in [2.75, 3.05) is 12.5 Å². The highest BCUT2D eigenvalue weighted by molar-refractivity contribution is 6.55. The summed E-state index contributed by atoms with van der Waals surface area (Å²) in [6.07, 6.45) is 2.91. The van der Waals surface area contributed by atoms with Gasteiger partial charge < -0.3 is 4.84 Å². The highest BCUT2D eigenvalue weighted by Crippen LogP contribution is 2.04. The SMILES string of the molecule is ClCC=NOCC=C(Cl)Cl. The summed E-state index contributed by atoms with van der Waals surface area (Å²) in [5, 5.41) is 3.44. The molecule has 0 fully saturated rings. The molecule has 0 atom stereocenters. The maximum atomic E-state index is 5.26. The van der Waals surface area contributed by atoms with Crippen molar-refractivity contribution in [3.05, 3.63) is 10.6 Å². The molecular weight excluding hydrogens is 196 g/mol. The molecule has 0 rings (SSSR count). The van der Waals surface area contributed by atoms with E-state index >= 15 is 0 Å². The van der Waals surface area contributed by atoms with Crippen molar-refractivity contribution < 1.29 is 4.84 Å². The molecule has 0 amide bonds. The Kier molecular flexibility index (Phi) is 7.25. The third-order valence-corrected chi connectivity index (χ3v) is 0.977. The van der Waals surface area contributed by atoms with Gasteiger partial charge in [0.1, 0.15) is 11.1 Å². The van der Waals surface area contributed by atoms with Gasteiger partial charge in [-0.15, -0.1) is 11.6 Å². The minimum atomic E-state index is 0.168. The van der Waals surface area contributed by atoms with E-state index in [2.05, 4.69) is 9.99 Å². The lowest BCUT2D eigenvalue weighted by atomic mass is 10.7. The first-order valence-electron chi connectivity index (χ1n) is 2.48. The highest BCUT2D eigenvalue weighted by Gasteiger charge is 1.81. The molecule has 0 spiro atoms. The molecule has 58 valence electrons. The number of rotatable bonds is 4. The van der Waals surface area contributed by atoms with Crippen LogP contribution in [0.3, 0.4) is 0 Å². The molecule has 0 bridgehead atoms. The first-order chi connectivity index (χ1) is 4.77. The minimum absolute atomic E-state index is 0.168. The molecule has 5 heteroatoms. The van der Waals surface area contributed by atoms with Gasteiger partial charge in [-0.25, -0.2) is 0 Å². The van der Waals surface area contributed by atoms with Crippen LogP contribution in [0.5, 0.6) is 0 Å². The van der Waals surface area contributed by atoms with Crippen LogP contribution in [-0.2, 0) is 4.84 Å². The maximum Gasteiger partial charge on any atom is 0.138 e. The third-order valence-electron chi connectivity index (χ3n) is 0.530. The average molecular weight is 202 g/mol. The molecule has 0 aromatic carbocycles. The highest BCUT2D eigenvalue weighted by atomic mass is 35.5. The smallest absolute Gasteiger partial charge is 0.138 e. The summed E-state index contributed by atoms with van der Waals surface area (Å²) in [6, 6.07) is 0. The van der Waals surface area contributed by atoms with E-state index in [9.17, 15) is 0 Å². The Hall–Kier alpha value is 0.0800. The second-order valence-electron chi connectivity index (χ2n) is 1.23. The van der Waals surface area contributed by atoms with Gasteiger partial charge in [0.15, 0.2) is 0 Å². The van der Waals surface area contributed by atoms with Gasteiger partial charge in [0.05, 0.1) is 12.1 Å². The molecule has 0 aromatic heterocycles. The Morgan fingerprint density at radius 2 is 2.20 bits per heavy atom.